The maximum atomic E-state index is 11.4. The van der Waals surface area contributed by atoms with Gasteiger partial charge < -0.3 is 9.47 Å². The first-order valence-corrected chi connectivity index (χ1v) is 6.13. The lowest BCUT2D eigenvalue weighted by molar-refractivity contribution is -0.148. The van der Waals surface area contributed by atoms with E-state index in [1.165, 1.54) is 6.08 Å². The predicted molar refractivity (Wildman–Crippen MR) is 67.2 cm³/mol. The summed E-state index contributed by atoms with van der Waals surface area (Å²) < 4.78 is 11.5. The molecule has 0 spiro atoms. The maximum Gasteiger partial charge on any atom is 0.334 e. The van der Waals surface area contributed by atoms with Crippen molar-refractivity contribution in [1.29, 1.82) is 0 Å². The number of carbonyl (C=O) groups excluding carboxylic acids is 1. The minimum Gasteiger partial charge on any atom is -0.500 e. The molecule has 2 rings (SSSR count). The summed E-state index contributed by atoms with van der Waals surface area (Å²) in [5.74, 6) is 0.334. The van der Waals surface area contributed by atoms with Gasteiger partial charge in [-0.1, -0.05) is 35.0 Å². The molecule has 1 heterocycles. The second kappa shape index (κ2) is 4.92. The second-order valence-electron chi connectivity index (χ2n) is 3.95. The lowest BCUT2D eigenvalue weighted by Crippen LogP contribution is -2.24. The first kappa shape index (κ1) is 12.2. The molecule has 0 saturated carbocycles. The number of benzene rings is 1. The molecule has 0 radical (unpaired) electrons. The van der Waals surface area contributed by atoms with E-state index in [1.807, 2.05) is 31.2 Å². The first-order chi connectivity index (χ1) is 8.11. The van der Waals surface area contributed by atoms with Gasteiger partial charge in [-0.3, -0.25) is 0 Å². The van der Waals surface area contributed by atoms with Crippen LogP contribution in [0.5, 0.6) is 0 Å². The summed E-state index contributed by atoms with van der Waals surface area (Å²) in [6.07, 6.45) is 1.12. The van der Waals surface area contributed by atoms with Gasteiger partial charge in [-0.15, -0.1) is 0 Å². The summed E-state index contributed by atoms with van der Waals surface area (Å²) in [5, 5.41) is 0. The van der Waals surface area contributed by atoms with E-state index in [9.17, 15) is 4.79 Å². The zero-order valence-corrected chi connectivity index (χ0v) is 11.2. The van der Waals surface area contributed by atoms with Crippen LogP contribution in [0.4, 0.5) is 0 Å². The largest absolute Gasteiger partial charge is 0.500 e. The Labute approximate surface area is 109 Å². The highest BCUT2D eigenvalue weighted by molar-refractivity contribution is 9.10. The van der Waals surface area contributed by atoms with Crippen LogP contribution >= 0.6 is 15.9 Å². The third-order valence-corrected chi connectivity index (χ3v) is 3.37. The van der Waals surface area contributed by atoms with Crippen molar-refractivity contribution in [3.8, 4) is 0 Å². The van der Waals surface area contributed by atoms with Crippen molar-refractivity contribution in [3.05, 3.63) is 46.1 Å². The quantitative estimate of drug-likeness (QED) is 0.786. The molecule has 0 amide bonds. The van der Waals surface area contributed by atoms with Crippen LogP contribution in [0.15, 0.2) is 40.6 Å². The fourth-order valence-electron chi connectivity index (χ4n) is 1.91. The molecule has 1 aliphatic rings. The highest BCUT2D eigenvalue weighted by atomic mass is 79.9. The van der Waals surface area contributed by atoms with Crippen LogP contribution in [0.1, 0.15) is 18.6 Å². The van der Waals surface area contributed by atoms with Crippen molar-refractivity contribution in [2.24, 2.45) is 5.92 Å². The Morgan fingerprint density at radius 1 is 1.29 bits per heavy atom. The normalized spacial score (nSPS) is 23.9. The Bertz CT molecular complexity index is 450. The second-order valence-corrected chi connectivity index (χ2v) is 4.86. The summed E-state index contributed by atoms with van der Waals surface area (Å²) in [7, 11) is 1.57. The Hall–Kier alpha value is -1.29. The van der Waals surface area contributed by atoms with E-state index in [-0.39, 0.29) is 18.0 Å². The molecule has 1 aromatic rings. The van der Waals surface area contributed by atoms with Gasteiger partial charge >= 0.3 is 5.97 Å². The number of carbonyl (C=O) groups is 1. The Morgan fingerprint density at radius 3 is 2.53 bits per heavy atom. The van der Waals surface area contributed by atoms with Crippen LogP contribution in [0.25, 0.3) is 0 Å². The number of cyclic esters (lactones) is 1. The summed E-state index contributed by atoms with van der Waals surface area (Å²) >= 11 is 3.38. The SMILES string of the molecule is COC1=CC(=O)O[C@H](c2ccc(Br)cc2)[C@H]1C. The summed E-state index contributed by atoms with van der Waals surface area (Å²) in [6.45, 7) is 1.98. The Morgan fingerprint density at radius 2 is 1.94 bits per heavy atom. The number of halogens is 1. The van der Waals surface area contributed by atoms with Gasteiger partial charge in [-0.05, 0) is 17.7 Å². The van der Waals surface area contributed by atoms with Gasteiger partial charge in [0.2, 0.25) is 0 Å². The van der Waals surface area contributed by atoms with Crippen LogP contribution in [0, 0.1) is 5.92 Å². The molecule has 17 heavy (non-hydrogen) atoms. The van der Waals surface area contributed by atoms with Gasteiger partial charge in [-0.25, -0.2) is 4.79 Å². The van der Waals surface area contributed by atoms with Gasteiger partial charge in [0.25, 0.3) is 0 Å². The van der Waals surface area contributed by atoms with Crippen molar-refractivity contribution < 1.29 is 14.3 Å². The molecule has 90 valence electrons. The molecule has 0 aliphatic carbocycles. The molecule has 2 atom stereocenters. The average Bonchev–Trinajstić information content (AvgIpc) is 2.33. The zero-order chi connectivity index (χ0) is 12.4. The average molecular weight is 297 g/mol. The van der Waals surface area contributed by atoms with E-state index in [4.69, 9.17) is 9.47 Å². The van der Waals surface area contributed by atoms with Gasteiger partial charge in [0.15, 0.2) is 0 Å². The van der Waals surface area contributed by atoms with Crippen LogP contribution in [0.2, 0.25) is 0 Å². The molecule has 1 aliphatic heterocycles. The van der Waals surface area contributed by atoms with Gasteiger partial charge in [-0.2, -0.15) is 0 Å². The molecule has 4 heteroatoms. The number of ether oxygens (including phenoxy) is 2. The molecular weight excluding hydrogens is 284 g/mol. The van der Waals surface area contributed by atoms with Gasteiger partial charge in [0.05, 0.1) is 19.1 Å². The van der Waals surface area contributed by atoms with Crippen molar-refractivity contribution in [2.45, 2.75) is 13.0 Å². The van der Waals surface area contributed by atoms with E-state index >= 15 is 0 Å². The minimum absolute atomic E-state index is 0.0267. The molecule has 0 bridgehead atoms. The van der Waals surface area contributed by atoms with Gasteiger partial charge in [0, 0.05) is 4.47 Å². The summed E-state index contributed by atoms with van der Waals surface area (Å²) in [5.41, 5.74) is 0.969. The van der Waals surface area contributed by atoms with Crippen LogP contribution in [-0.2, 0) is 14.3 Å². The Balaban J connectivity index is 2.30. The van der Waals surface area contributed by atoms with E-state index in [0.29, 0.717) is 5.76 Å². The fraction of sp³-hybridized carbons (Fsp3) is 0.308. The van der Waals surface area contributed by atoms with Crippen LogP contribution in [0.3, 0.4) is 0 Å². The van der Waals surface area contributed by atoms with E-state index in [1.54, 1.807) is 7.11 Å². The topological polar surface area (TPSA) is 35.5 Å². The summed E-state index contributed by atoms with van der Waals surface area (Å²) in [4.78, 5) is 11.4. The molecule has 0 saturated heterocycles. The maximum absolute atomic E-state index is 11.4. The van der Waals surface area contributed by atoms with E-state index < -0.39 is 0 Å². The predicted octanol–water partition coefficient (Wildman–Crippen LogP) is 3.21. The molecule has 0 aromatic heterocycles. The lowest BCUT2D eigenvalue weighted by atomic mass is 9.93. The molecule has 1 aromatic carbocycles. The van der Waals surface area contributed by atoms with E-state index in [0.717, 1.165) is 10.0 Å². The first-order valence-electron chi connectivity index (χ1n) is 5.33. The molecule has 3 nitrogen and oxygen atoms in total. The fourth-order valence-corrected chi connectivity index (χ4v) is 2.18. The van der Waals surface area contributed by atoms with E-state index in [2.05, 4.69) is 15.9 Å². The number of hydrogen-bond acceptors (Lipinski definition) is 3. The summed E-state index contributed by atoms with van der Waals surface area (Å²) in [6, 6.07) is 7.75. The number of rotatable bonds is 2. The van der Waals surface area contributed by atoms with Crippen LogP contribution < -0.4 is 0 Å². The van der Waals surface area contributed by atoms with Crippen LogP contribution in [-0.4, -0.2) is 13.1 Å². The van der Waals surface area contributed by atoms with Crippen molar-refractivity contribution in [1.82, 2.24) is 0 Å². The monoisotopic (exact) mass is 296 g/mol. The number of hydrogen-bond donors (Lipinski definition) is 0. The third kappa shape index (κ3) is 2.52. The molecule has 0 N–H and O–H groups in total. The third-order valence-electron chi connectivity index (χ3n) is 2.84. The lowest BCUT2D eigenvalue weighted by Gasteiger charge is -2.28. The van der Waals surface area contributed by atoms with Crippen molar-refractivity contribution >= 4 is 21.9 Å². The van der Waals surface area contributed by atoms with Crippen molar-refractivity contribution in [3.63, 3.8) is 0 Å². The highest BCUT2D eigenvalue weighted by Crippen LogP contribution is 2.35. The molecular formula is C13H13BrO3. The number of methoxy groups -OCH3 is 1. The molecule has 0 fully saturated rings. The standard InChI is InChI=1S/C13H13BrO3/c1-8-11(16-2)7-12(15)17-13(8)9-3-5-10(14)6-4-9/h3-8,13H,1-2H3/t8-,13-/m0/s1. The number of esters is 1. The smallest absolute Gasteiger partial charge is 0.334 e. The van der Waals surface area contributed by atoms with Crippen molar-refractivity contribution in [2.75, 3.05) is 7.11 Å². The Kier molecular flexibility index (Phi) is 3.52. The highest BCUT2D eigenvalue weighted by Gasteiger charge is 2.31. The van der Waals surface area contributed by atoms with Gasteiger partial charge in [0.1, 0.15) is 11.9 Å². The molecule has 0 unspecified atom stereocenters. The minimum atomic E-state index is -0.354. The zero-order valence-electron chi connectivity index (χ0n) is 9.64.